The van der Waals surface area contributed by atoms with Crippen molar-refractivity contribution < 1.29 is 45.7 Å². The van der Waals surface area contributed by atoms with Gasteiger partial charge in [-0.2, -0.15) is 12.8 Å². The third-order valence-electron chi connectivity index (χ3n) is 1.07. The molecule has 10 heavy (non-hydrogen) atoms. The van der Waals surface area contributed by atoms with Gasteiger partial charge in [-0.3, -0.25) is 0 Å². The summed E-state index contributed by atoms with van der Waals surface area (Å²) in [6, 6.07) is 0. The Morgan fingerprint density at radius 2 is 1.10 bits per heavy atom. The Hall–Kier alpha value is 1.51. The molecule has 0 amide bonds. The summed E-state index contributed by atoms with van der Waals surface area (Å²) in [5, 5.41) is 0. The minimum atomic E-state index is 0. The Morgan fingerprint density at radius 3 is 1.20 bits per heavy atom. The molecule has 2 heteroatoms. The van der Waals surface area contributed by atoms with Crippen LogP contribution in [0.5, 0.6) is 0 Å². The van der Waals surface area contributed by atoms with Gasteiger partial charge in [0.1, 0.15) is 0 Å². The molecule has 0 atom stereocenters. The van der Waals surface area contributed by atoms with Crippen LogP contribution >= 0.6 is 0 Å². The van der Waals surface area contributed by atoms with Crippen LogP contribution in [0.15, 0.2) is 0 Å². The van der Waals surface area contributed by atoms with Gasteiger partial charge in [0.2, 0.25) is 0 Å². The molecule has 0 aromatic rings. The maximum Gasteiger partial charge on any atom is 0 e. The molecular weight excluding hydrogens is 253 g/mol. The van der Waals surface area contributed by atoms with Crippen molar-refractivity contribution in [1.29, 1.82) is 0 Å². The van der Waals surface area contributed by atoms with E-state index in [0.717, 1.165) is 0 Å². The summed E-state index contributed by atoms with van der Waals surface area (Å²) in [6.07, 6.45) is 8.00. The Kier molecular flexibility index (Phi) is 67.3. The van der Waals surface area contributed by atoms with Gasteiger partial charge in [0.05, 0.1) is 0 Å². The van der Waals surface area contributed by atoms with Crippen LogP contribution in [-0.4, -0.2) is 0 Å². The van der Waals surface area contributed by atoms with Crippen LogP contribution in [0.25, 0.3) is 0 Å². The minimum Gasteiger partial charge on any atom is -0.358 e. The monoisotopic (exact) mass is 268 g/mol. The molecule has 0 aromatic heterocycles. The number of hydrogen-bond acceptors (Lipinski definition) is 0. The van der Waals surface area contributed by atoms with Crippen molar-refractivity contribution in [3.05, 3.63) is 28.7 Å². The molecule has 1 rings (SSSR count). The van der Waals surface area contributed by atoms with Gasteiger partial charge in [-0.25, -0.2) is 0 Å². The van der Waals surface area contributed by atoms with Crippen LogP contribution in [0, 0.1) is 28.7 Å². The van der Waals surface area contributed by atoms with Crippen LogP contribution in [-0.2, 0) is 45.7 Å². The van der Waals surface area contributed by atoms with E-state index in [1.165, 1.54) is 25.7 Å². The summed E-state index contributed by atoms with van der Waals surface area (Å²) in [6.45, 7) is 0. The van der Waals surface area contributed by atoms with Crippen molar-refractivity contribution >= 4 is 0 Å². The zero-order chi connectivity index (χ0) is 3.54. The van der Waals surface area contributed by atoms with E-state index in [4.69, 9.17) is 0 Å². The van der Waals surface area contributed by atoms with Crippen molar-refractivity contribution in [2.24, 2.45) is 0 Å². The molecule has 0 spiro atoms. The summed E-state index contributed by atoms with van der Waals surface area (Å²) in [4.78, 5) is 0. The quantitative estimate of drug-likeness (QED) is 0.469. The molecule has 1 aliphatic carbocycles. The van der Waals surface area contributed by atoms with Gasteiger partial charge in [0.25, 0.3) is 0 Å². The first kappa shape index (κ1) is 30.0. The molecule has 1 saturated carbocycles. The summed E-state index contributed by atoms with van der Waals surface area (Å²) in [5.41, 5.74) is 0. The van der Waals surface area contributed by atoms with Crippen LogP contribution in [0.2, 0.25) is 0 Å². The number of hydrogen-bond donors (Lipinski definition) is 0. The summed E-state index contributed by atoms with van der Waals surface area (Å²) >= 11 is 0. The molecule has 0 heterocycles. The van der Waals surface area contributed by atoms with Crippen LogP contribution in [0.4, 0.5) is 0 Å². The Bertz CT molecular complexity index is 20.8. The normalized spacial score (nSPS) is 12.0. The van der Waals surface area contributed by atoms with Crippen molar-refractivity contribution in [3.63, 3.8) is 0 Å². The molecule has 60 valence electrons. The average molecular weight is 271 g/mol. The maximum absolute atomic E-state index is 2.36. The second kappa shape index (κ2) is 22.4. The second-order valence-corrected chi connectivity index (χ2v) is 1.57. The van der Waals surface area contributed by atoms with Gasteiger partial charge in [-0.1, -0.05) is 12.8 Å². The molecule has 0 radical (unpaired) electrons. The molecule has 0 saturated heterocycles. The molecular formula is C8H18ZnZr-4. The maximum atomic E-state index is 2.36. The van der Waals surface area contributed by atoms with Crippen molar-refractivity contribution in [2.45, 2.75) is 25.7 Å². The summed E-state index contributed by atoms with van der Waals surface area (Å²) in [7, 11) is 0. The predicted molar refractivity (Wildman–Crippen MR) is 42.0 cm³/mol. The standard InChI is InChI=1S/C5H9.3CH3.Zn.Zr/c1-2-4-5-3-1;;;;;/h1H,2-5H2;3*1H3;;/q4*-1;;. The van der Waals surface area contributed by atoms with Gasteiger partial charge in [-0.15, -0.1) is 0 Å². The van der Waals surface area contributed by atoms with E-state index in [1.54, 1.807) is 0 Å². The average Bonchev–Trinajstić information content (AvgIpc) is 1.76. The van der Waals surface area contributed by atoms with Crippen LogP contribution < -0.4 is 0 Å². The largest absolute Gasteiger partial charge is 0.358 e. The van der Waals surface area contributed by atoms with Crippen molar-refractivity contribution in [2.75, 3.05) is 0 Å². The molecule has 0 unspecified atom stereocenters. The molecule has 0 aromatic carbocycles. The van der Waals surface area contributed by atoms with Gasteiger partial charge >= 0.3 is 0 Å². The van der Waals surface area contributed by atoms with Gasteiger partial charge in [0.15, 0.2) is 0 Å². The molecule has 0 N–H and O–H groups in total. The third-order valence-corrected chi connectivity index (χ3v) is 1.07. The van der Waals surface area contributed by atoms with E-state index in [1.807, 2.05) is 0 Å². The zero-order valence-corrected chi connectivity index (χ0v) is 13.0. The molecule has 1 fully saturated rings. The van der Waals surface area contributed by atoms with Crippen LogP contribution in [0.1, 0.15) is 25.7 Å². The van der Waals surface area contributed by atoms with Gasteiger partial charge in [0, 0.05) is 45.7 Å². The second-order valence-electron chi connectivity index (χ2n) is 1.57. The molecule has 0 bridgehead atoms. The van der Waals surface area contributed by atoms with Crippen molar-refractivity contribution in [1.82, 2.24) is 0 Å². The molecule has 1 aliphatic rings. The van der Waals surface area contributed by atoms with E-state index >= 15 is 0 Å². The smallest absolute Gasteiger partial charge is 0 e. The Labute approximate surface area is 99.4 Å². The Balaban J connectivity index is -0.0000000167. The van der Waals surface area contributed by atoms with Crippen molar-refractivity contribution in [3.8, 4) is 0 Å². The first-order valence-electron chi connectivity index (χ1n) is 2.32. The first-order valence-corrected chi connectivity index (χ1v) is 2.32. The summed E-state index contributed by atoms with van der Waals surface area (Å²) < 4.78 is 0. The zero-order valence-electron chi connectivity index (χ0n) is 7.61. The van der Waals surface area contributed by atoms with E-state index in [0.29, 0.717) is 0 Å². The number of rotatable bonds is 0. The van der Waals surface area contributed by atoms with E-state index < -0.39 is 0 Å². The first-order chi connectivity index (χ1) is 2.50. The van der Waals surface area contributed by atoms with Crippen LogP contribution in [0.3, 0.4) is 0 Å². The van der Waals surface area contributed by atoms with E-state index in [2.05, 4.69) is 6.42 Å². The Morgan fingerprint density at radius 1 is 0.800 bits per heavy atom. The topological polar surface area (TPSA) is 0 Å². The predicted octanol–water partition coefficient (Wildman–Crippen LogP) is 3.11. The van der Waals surface area contributed by atoms with E-state index in [9.17, 15) is 0 Å². The fourth-order valence-electron chi connectivity index (χ4n) is 0.722. The molecule has 0 nitrogen and oxygen atoms in total. The van der Waals surface area contributed by atoms with Gasteiger partial charge < -0.3 is 28.7 Å². The fraction of sp³-hybridized carbons (Fsp3) is 0.500. The SMILES string of the molecule is [CH-]1CCCC1.[CH3-].[CH3-].[CH3-].[Zn].[Zr]. The van der Waals surface area contributed by atoms with E-state index in [-0.39, 0.29) is 68.0 Å². The minimum absolute atomic E-state index is 0. The summed E-state index contributed by atoms with van der Waals surface area (Å²) in [5.74, 6) is 0. The van der Waals surface area contributed by atoms with Gasteiger partial charge in [-0.05, 0) is 0 Å². The fourth-order valence-corrected chi connectivity index (χ4v) is 0.722. The third kappa shape index (κ3) is 16.2. The molecule has 0 aliphatic heterocycles.